The maximum atomic E-state index is 11.6. The summed E-state index contributed by atoms with van der Waals surface area (Å²) in [6, 6.07) is 0. The molecule has 0 aliphatic heterocycles. The lowest BCUT2D eigenvalue weighted by molar-refractivity contribution is -0.311. The summed E-state index contributed by atoms with van der Waals surface area (Å²) < 4.78 is 4.88. The number of rotatable bonds is 17. The monoisotopic (exact) mass is 356 g/mol. The number of carboxylic acids is 2. The van der Waals surface area contributed by atoms with E-state index in [-0.39, 0.29) is 6.42 Å². The Morgan fingerprint density at radius 3 is 1.52 bits per heavy atom. The fraction of sp³-hybridized carbons (Fsp3) is 0.842. The first-order valence-corrected chi connectivity index (χ1v) is 9.54. The van der Waals surface area contributed by atoms with Crippen molar-refractivity contribution in [3.05, 3.63) is 0 Å². The van der Waals surface area contributed by atoms with Gasteiger partial charge in [0.25, 0.3) is 0 Å². The van der Waals surface area contributed by atoms with Crippen LogP contribution >= 0.6 is 0 Å². The van der Waals surface area contributed by atoms with Gasteiger partial charge in [0, 0.05) is 31.2 Å². The molecule has 0 bridgehead atoms. The van der Waals surface area contributed by atoms with Gasteiger partial charge in [-0.15, -0.1) is 0 Å². The number of ether oxygens (including phenoxy) is 1. The van der Waals surface area contributed by atoms with Crippen LogP contribution in [0.4, 0.5) is 0 Å². The van der Waals surface area contributed by atoms with Gasteiger partial charge in [0.1, 0.15) is 6.10 Å². The first-order valence-electron chi connectivity index (χ1n) is 9.54. The predicted molar refractivity (Wildman–Crippen MR) is 90.2 cm³/mol. The van der Waals surface area contributed by atoms with Crippen molar-refractivity contribution >= 4 is 17.9 Å². The summed E-state index contributed by atoms with van der Waals surface area (Å²) in [5, 5.41) is 21.0. The second-order valence-electron chi connectivity index (χ2n) is 6.55. The summed E-state index contributed by atoms with van der Waals surface area (Å²) >= 11 is 0. The Kier molecular flexibility index (Phi) is 14.9. The van der Waals surface area contributed by atoms with Crippen LogP contribution in [0.25, 0.3) is 0 Å². The number of esters is 1. The third kappa shape index (κ3) is 17.0. The minimum Gasteiger partial charge on any atom is -0.550 e. The highest BCUT2D eigenvalue weighted by atomic mass is 16.5. The van der Waals surface area contributed by atoms with Crippen molar-refractivity contribution in [1.29, 1.82) is 0 Å². The fourth-order valence-electron chi connectivity index (χ4n) is 2.71. The van der Waals surface area contributed by atoms with Crippen molar-refractivity contribution < 1.29 is 29.3 Å². The molecule has 0 unspecified atom stereocenters. The van der Waals surface area contributed by atoms with Crippen LogP contribution in [0, 0.1) is 0 Å². The summed E-state index contributed by atoms with van der Waals surface area (Å²) in [7, 11) is 0. The van der Waals surface area contributed by atoms with Gasteiger partial charge >= 0.3 is 5.97 Å². The average molecular weight is 356 g/mol. The standard InChI is InChI=1S/C19H34O6/c1-2-3-4-5-6-7-8-9-10-11-12-13-19(24)25-16(14-17(20)21)15-18(22)23/h16H,2-15H2,1H3,(H,20,21)(H,22,23)/p-2. The highest BCUT2D eigenvalue weighted by Gasteiger charge is 2.15. The molecule has 0 aromatic rings. The molecule has 0 aromatic carbocycles. The molecule has 0 amide bonds. The van der Waals surface area contributed by atoms with Crippen LogP contribution in [-0.4, -0.2) is 24.0 Å². The summed E-state index contributed by atoms with van der Waals surface area (Å²) in [5.41, 5.74) is 0. The minimum atomic E-state index is -1.45. The Balaban J connectivity index is 3.61. The molecule has 25 heavy (non-hydrogen) atoms. The molecule has 146 valence electrons. The Labute approximate surface area is 150 Å². The number of carbonyl (C=O) groups is 3. The zero-order valence-electron chi connectivity index (χ0n) is 15.4. The first-order chi connectivity index (χ1) is 12.0. The molecule has 0 rings (SSSR count). The highest BCUT2D eigenvalue weighted by Crippen LogP contribution is 2.13. The second-order valence-corrected chi connectivity index (χ2v) is 6.55. The van der Waals surface area contributed by atoms with E-state index in [1.165, 1.54) is 44.9 Å². The summed E-state index contributed by atoms with van der Waals surface area (Å²) in [6.45, 7) is 2.21. The van der Waals surface area contributed by atoms with Crippen LogP contribution in [0.5, 0.6) is 0 Å². The molecule has 0 radical (unpaired) electrons. The molecule has 0 N–H and O–H groups in total. The van der Waals surface area contributed by atoms with Crippen molar-refractivity contribution in [3.63, 3.8) is 0 Å². The van der Waals surface area contributed by atoms with E-state index in [4.69, 9.17) is 4.74 Å². The Morgan fingerprint density at radius 1 is 0.720 bits per heavy atom. The van der Waals surface area contributed by atoms with Crippen LogP contribution in [0.2, 0.25) is 0 Å². The number of carboxylic acid groups (broad SMARTS) is 2. The Hall–Kier alpha value is -1.59. The lowest BCUT2D eigenvalue weighted by Crippen LogP contribution is -2.35. The van der Waals surface area contributed by atoms with Crippen molar-refractivity contribution in [1.82, 2.24) is 0 Å². The van der Waals surface area contributed by atoms with Crippen molar-refractivity contribution in [2.24, 2.45) is 0 Å². The maximum absolute atomic E-state index is 11.6. The molecule has 6 heteroatoms. The Morgan fingerprint density at radius 2 is 1.12 bits per heavy atom. The van der Waals surface area contributed by atoms with Gasteiger partial charge < -0.3 is 24.5 Å². The van der Waals surface area contributed by atoms with E-state index < -0.39 is 36.9 Å². The van der Waals surface area contributed by atoms with Crippen molar-refractivity contribution in [2.75, 3.05) is 0 Å². The number of hydrogen-bond donors (Lipinski definition) is 0. The second kappa shape index (κ2) is 15.9. The topological polar surface area (TPSA) is 107 Å². The van der Waals surface area contributed by atoms with Crippen LogP contribution in [-0.2, 0) is 19.1 Å². The average Bonchev–Trinajstić information content (AvgIpc) is 2.51. The first kappa shape index (κ1) is 23.4. The van der Waals surface area contributed by atoms with Crippen LogP contribution in [0.15, 0.2) is 0 Å². The molecule has 0 heterocycles. The molecule has 0 saturated heterocycles. The number of unbranched alkanes of at least 4 members (excludes halogenated alkanes) is 10. The normalized spacial score (nSPS) is 10.8. The zero-order valence-corrected chi connectivity index (χ0v) is 15.4. The van der Waals surface area contributed by atoms with Crippen molar-refractivity contribution in [2.45, 2.75) is 103 Å². The molecule has 0 aliphatic rings. The van der Waals surface area contributed by atoms with Crippen LogP contribution in [0.1, 0.15) is 96.8 Å². The third-order valence-electron chi connectivity index (χ3n) is 4.07. The van der Waals surface area contributed by atoms with Gasteiger partial charge in [-0.25, -0.2) is 0 Å². The number of carbonyl (C=O) groups excluding carboxylic acids is 3. The molecule has 0 fully saturated rings. The van der Waals surface area contributed by atoms with Crippen LogP contribution < -0.4 is 10.2 Å². The van der Waals surface area contributed by atoms with E-state index in [2.05, 4.69) is 6.92 Å². The van der Waals surface area contributed by atoms with Crippen LogP contribution in [0.3, 0.4) is 0 Å². The van der Waals surface area contributed by atoms with Gasteiger partial charge in [0.2, 0.25) is 0 Å². The fourth-order valence-corrected chi connectivity index (χ4v) is 2.71. The SMILES string of the molecule is CCCCCCCCCCCCCC(=O)OC(CC(=O)[O-])CC(=O)[O-]. The molecule has 0 aliphatic carbocycles. The molecule has 6 nitrogen and oxygen atoms in total. The predicted octanol–water partition coefficient (Wildman–Crippen LogP) is 1.88. The molecule has 0 atom stereocenters. The van der Waals surface area contributed by atoms with Gasteiger partial charge in [-0.05, 0) is 6.42 Å². The maximum Gasteiger partial charge on any atom is 0.306 e. The minimum absolute atomic E-state index is 0.174. The van der Waals surface area contributed by atoms with Crippen molar-refractivity contribution in [3.8, 4) is 0 Å². The molecular weight excluding hydrogens is 324 g/mol. The molecule has 0 aromatic heterocycles. The van der Waals surface area contributed by atoms with Gasteiger partial charge in [-0.1, -0.05) is 71.1 Å². The van der Waals surface area contributed by atoms with E-state index in [9.17, 15) is 24.6 Å². The van der Waals surface area contributed by atoms with Gasteiger partial charge in [-0.3, -0.25) is 4.79 Å². The lowest BCUT2D eigenvalue weighted by atomic mass is 10.1. The molecule has 0 spiro atoms. The van der Waals surface area contributed by atoms with E-state index in [0.717, 1.165) is 19.3 Å². The highest BCUT2D eigenvalue weighted by molar-refractivity contribution is 5.73. The summed E-state index contributed by atoms with van der Waals surface area (Å²) in [4.78, 5) is 32.7. The lowest BCUT2D eigenvalue weighted by Gasteiger charge is -2.18. The molecular formula is C19H32O6-2. The summed E-state index contributed by atoms with van der Waals surface area (Å²) in [6.07, 6.45) is 10.5. The Bertz CT molecular complexity index is 364. The quantitative estimate of drug-likeness (QED) is 0.291. The zero-order chi connectivity index (χ0) is 18.9. The van der Waals surface area contributed by atoms with Gasteiger partial charge in [-0.2, -0.15) is 0 Å². The van der Waals surface area contributed by atoms with E-state index >= 15 is 0 Å². The van der Waals surface area contributed by atoms with E-state index in [1.807, 2.05) is 0 Å². The third-order valence-corrected chi connectivity index (χ3v) is 4.07. The largest absolute Gasteiger partial charge is 0.550 e. The smallest absolute Gasteiger partial charge is 0.306 e. The summed E-state index contributed by atoms with van der Waals surface area (Å²) in [5.74, 6) is -3.47. The van der Waals surface area contributed by atoms with E-state index in [1.54, 1.807) is 0 Å². The number of aliphatic carboxylic acids is 2. The van der Waals surface area contributed by atoms with Gasteiger partial charge in [0.15, 0.2) is 0 Å². The van der Waals surface area contributed by atoms with E-state index in [0.29, 0.717) is 6.42 Å². The molecule has 0 saturated carbocycles. The van der Waals surface area contributed by atoms with Gasteiger partial charge in [0.05, 0.1) is 0 Å². The number of hydrogen-bond acceptors (Lipinski definition) is 6.